The van der Waals surface area contributed by atoms with Gasteiger partial charge >= 0.3 is 0 Å². The summed E-state index contributed by atoms with van der Waals surface area (Å²) >= 11 is 0. The molecule has 3 heterocycles. The molecule has 2 fully saturated rings. The number of benzene rings is 2. The molecule has 28 heavy (non-hydrogen) atoms. The number of aromatic amines is 1. The van der Waals surface area contributed by atoms with Crippen LogP contribution in [0.4, 0.5) is 0 Å². The highest BCUT2D eigenvalue weighted by Gasteiger charge is 2.32. The highest BCUT2D eigenvalue weighted by Crippen LogP contribution is 2.37. The SMILES string of the molecule is Cc1ccccc1C(=O)Cc1ccc2[nH]cc(C3CCC4CCCN4C3)c2c1. The molecule has 0 aliphatic carbocycles. The average molecular weight is 373 g/mol. The average Bonchev–Trinajstić information content (AvgIpc) is 3.34. The molecular weight excluding hydrogens is 344 g/mol. The fraction of sp³-hybridized carbons (Fsp3) is 0.400. The van der Waals surface area contributed by atoms with Crippen molar-refractivity contribution in [1.29, 1.82) is 0 Å². The zero-order valence-electron chi connectivity index (χ0n) is 16.6. The molecule has 2 aromatic carbocycles. The highest BCUT2D eigenvalue weighted by molar-refractivity contribution is 5.99. The summed E-state index contributed by atoms with van der Waals surface area (Å²) in [7, 11) is 0. The topological polar surface area (TPSA) is 36.1 Å². The van der Waals surface area contributed by atoms with Crippen molar-refractivity contribution in [2.75, 3.05) is 13.1 Å². The number of carbonyl (C=O) groups is 1. The summed E-state index contributed by atoms with van der Waals surface area (Å²) in [4.78, 5) is 19.0. The van der Waals surface area contributed by atoms with Crippen LogP contribution in [0.15, 0.2) is 48.7 Å². The fourth-order valence-electron chi connectivity index (χ4n) is 5.29. The maximum absolute atomic E-state index is 12.8. The van der Waals surface area contributed by atoms with E-state index in [0.29, 0.717) is 12.3 Å². The second-order valence-electron chi connectivity index (χ2n) is 8.60. The van der Waals surface area contributed by atoms with Gasteiger partial charge in [-0.05, 0) is 73.9 Å². The zero-order valence-corrected chi connectivity index (χ0v) is 16.6. The Hall–Kier alpha value is -2.39. The molecular formula is C25H28N2O. The van der Waals surface area contributed by atoms with Gasteiger partial charge in [0, 0.05) is 41.7 Å². The largest absolute Gasteiger partial charge is 0.361 e. The normalized spacial score (nSPS) is 22.5. The van der Waals surface area contributed by atoms with Gasteiger partial charge in [-0.1, -0.05) is 30.3 Å². The van der Waals surface area contributed by atoms with Crippen LogP contribution in [0.2, 0.25) is 0 Å². The number of hydrogen-bond donors (Lipinski definition) is 1. The Kier molecular flexibility index (Phi) is 4.56. The van der Waals surface area contributed by atoms with Gasteiger partial charge in [0.1, 0.15) is 0 Å². The second-order valence-corrected chi connectivity index (χ2v) is 8.60. The quantitative estimate of drug-likeness (QED) is 0.636. The van der Waals surface area contributed by atoms with Crippen molar-refractivity contribution in [2.24, 2.45) is 0 Å². The molecule has 2 saturated heterocycles. The number of ketones is 1. The maximum Gasteiger partial charge on any atom is 0.167 e. The first-order valence-corrected chi connectivity index (χ1v) is 10.6. The molecule has 2 aliphatic rings. The van der Waals surface area contributed by atoms with E-state index in [2.05, 4.69) is 34.3 Å². The van der Waals surface area contributed by atoms with Crippen LogP contribution in [0, 0.1) is 6.92 Å². The molecule has 1 aromatic heterocycles. The van der Waals surface area contributed by atoms with Crippen molar-refractivity contribution in [1.82, 2.24) is 9.88 Å². The number of aromatic nitrogens is 1. The number of nitrogens with one attached hydrogen (secondary N) is 1. The minimum atomic E-state index is 0.201. The summed E-state index contributed by atoms with van der Waals surface area (Å²) in [5.74, 6) is 0.803. The number of Topliss-reactive ketones (excluding diaryl/α,β-unsaturated/α-hetero) is 1. The van der Waals surface area contributed by atoms with E-state index in [1.807, 2.05) is 31.2 Å². The van der Waals surface area contributed by atoms with Crippen LogP contribution in [0.5, 0.6) is 0 Å². The summed E-state index contributed by atoms with van der Waals surface area (Å²) in [6.07, 6.45) is 8.01. The number of H-pyrrole nitrogens is 1. The lowest BCUT2D eigenvalue weighted by atomic mass is 9.87. The number of nitrogens with zero attached hydrogens (tertiary/aromatic N) is 1. The van der Waals surface area contributed by atoms with E-state index >= 15 is 0 Å². The van der Waals surface area contributed by atoms with Gasteiger partial charge in [-0.2, -0.15) is 0 Å². The van der Waals surface area contributed by atoms with E-state index in [1.54, 1.807) is 0 Å². The summed E-state index contributed by atoms with van der Waals surface area (Å²) in [6.45, 7) is 4.46. The molecule has 144 valence electrons. The molecule has 0 radical (unpaired) electrons. The summed E-state index contributed by atoms with van der Waals surface area (Å²) in [5, 5.41) is 1.30. The first kappa shape index (κ1) is 17.7. The molecule has 5 rings (SSSR count). The van der Waals surface area contributed by atoms with E-state index in [9.17, 15) is 4.79 Å². The lowest BCUT2D eigenvalue weighted by Gasteiger charge is -2.35. The van der Waals surface area contributed by atoms with Crippen LogP contribution in [-0.4, -0.2) is 34.8 Å². The molecule has 0 spiro atoms. The first-order valence-electron chi connectivity index (χ1n) is 10.6. The lowest BCUT2D eigenvalue weighted by molar-refractivity contribution is 0.0992. The standard InChI is InChI=1S/C25H28N2O/c1-17-5-2-3-7-21(17)25(28)14-18-8-11-24-22(13-18)23(15-26-24)19-9-10-20-6-4-12-27(20)16-19/h2-3,5,7-8,11,13,15,19-20,26H,4,6,9-10,12,14,16H2,1H3. The molecule has 0 saturated carbocycles. The van der Waals surface area contributed by atoms with E-state index in [-0.39, 0.29) is 5.78 Å². The predicted octanol–water partition coefficient (Wildman–Crippen LogP) is 5.24. The molecule has 2 atom stereocenters. The summed E-state index contributed by atoms with van der Waals surface area (Å²) in [5.41, 5.74) is 5.62. The third kappa shape index (κ3) is 3.18. The number of hydrogen-bond acceptors (Lipinski definition) is 2. The molecule has 0 amide bonds. The Labute approximate surface area is 166 Å². The van der Waals surface area contributed by atoms with Gasteiger partial charge in [-0.3, -0.25) is 9.69 Å². The van der Waals surface area contributed by atoms with Gasteiger partial charge in [0.25, 0.3) is 0 Å². The fourth-order valence-corrected chi connectivity index (χ4v) is 5.29. The third-order valence-electron chi connectivity index (χ3n) is 6.83. The number of fused-ring (bicyclic) bond motifs is 2. The molecule has 1 N–H and O–H groups in total. The van der Waals surface area contributed by atoms with Crippen LogP contribution >= 0.6 is 0 Å². The van der Waals surface area contributed by atoms with Gasteiger partial charge in [0.05, 0.1) is 0 Å². The number of carbonyl (C=O) groups excluding carboxylic acids is 1. The van der Waals surface area contributed by atoms with Crippen molar-refractivity contribution >= 4 is 16.7 Å². The molecule has 3 heteroatoms. The van der Waals surface area contributed by atoms with Crippen molar-refractivity contribution in [3.05, 3.63) is 70.9 Å². The van der Waals surface area contributed by atoms with Crippen LogP contribution in [0.3, 0.4) is 0 Å². The van der Waals surface area contributed by atoms with E-state index in [1.165, 1.54) is 55.2 Å². The Morgan fingerprint density at radius 1 is 1.14 bits per heavy atom. The van der Waals surface area contributed by atoms with Crippen LogP contribution < -0.4 is 0 Å². The lowest BCUT2D eigenvalue weighted by Crippen LogP contribution is -2.37. The molecule has 2 unspecified atom stereocenters. The van der Waals surface area contributed by atoms with Crippen LogP contribution in [-0.2, 0) is 6.42 Å². The van der Waals surface area contributed by atoms with Crippen molar-refractivity contribution in [3.8, 4) is 0 Å². The van der Waals surface area contributed by atoms with Gasteiger partial charge in [-0.15, -0.1) is 0 Å². The number of rotatable bonds is 4. The molecule has 3 nitrogen and oxygen atoms in total. The van der Waals surface area contributed by atoms with Gasteiger partial charge in [0.2, 0.25) is 0 Å². The highest BCUT2D eigenvalue weighted by atomic mass is 16.1. The van der Waals surface area contributed by atoms with Crippen LogP contribution in [0.25, 0.3) is 10.9 Å². The summed E-state index contributed by atoms with van der Waals surface area (Å²) < 4.78 is 0. The van der Waals surface area contributed by atoms with Crippen molar-refractivity contribution in [2.45, 2.75) is 51.0 Å². The monoisotopic (exact) mass is 372 g/mol. The smallest absolute Gasteiger partial charge is 0.167 e. The van der Waals surface area contributed by atoms with Gasteiger partial charge < -0.3 is 4.98 Å². The van der Waals surface area contributed by atoms with Gasteiger partial charge in [0.15, 0.2) is 5.78 Å². The Bertz CT molecular complexity index is 1020. The zero-order chi connectivity index (χ0) is 19.1. The third-order valence-corrected chi connectivity index (χ3v) is 6.83. The Morgan fingerprint density at radius 2 is 2.04 bits per heavy atom. The van der Waals surface area contributed by atoms with Crippen LogP contribution in [0.1, 0.15) is 58.6 Å². The van der Waals surface area contributed by atoms with Crippen molar-refractivity contribution in [3.63, 3.8) is 0 Å². The Balaban J connectivity index is 1.41. The number of aryl methyl sites for hydroxylation is 1. The minimum Gasteiger partial charge on any atom is -0.361 e. The number of piperidine rings is 1. The Morgan fingerprint density at radius 3 is 2.93 bits per heavy atom. The van der Waals surface area contributed by atoms with E-state index < -0.39 is 0 Å². The summed E-state index contributed by atoms with van der Waals surface area (Å²) in [6, 6.07) is 15.2. The first-order chi connectivity index (χ1) is 13.7. The predicted molar refractivity (Wildman–Crippen MR) is 114 cm³/mol. The van der Waals surface area contributed by atoms with Crippen molar-refractivity contribution < 1.29 is 4.79 Å². The van der Waals surface area contributed by atoms with Gasteiger partial charge in [-0.25, -0.2) is 0 Å². The van der Waals surface area contributed by atoms with E-state index in [0.717, 1.165) is 22.7 Å². The second kappa shape index (κ2) is 7.21. The molecule has 0 bridgehead atoms. The molecule has 3 aromatic rings. The van der Waals surface area contributed by atoms with E-state index in [4.69, 9.17) is 0 Å². The maximum atomic E-state index is 12.8. The minimum absolute atomic E-state index is 0.201. The molecule has 2 aliphatic heterocycles.